The maximum absolute atomic E-state index is 11.1. The fourth-order valence-electron chi connectivity index (χ4n) is 1.98. The van der Waals surface area contributed by atoms with Gasteiger partial charge in [0.1, 0.15) is 5.78 Å². The first-order valence-electron chi connectivity index (χ1n) is 4.62. The van der Waals surface area contributed by atoms with Crippen LogP contribution in [0.2, 0.25) is 19.6 Å². The molecule has 1 nitrogen and oxygen atoms in total. The third kappa shape index (κ3) is 2.06. The predicted octanol–water partition coefficient (Wildman–Crippen LogP) is 2.93. The first kappa shape index (κ1) is 9.71. The van der Waals surface area contributed by atoms with E-state index in [2.05, 4.69) is 26.6 Å². The Bertz CT molecular complexity index is 233. The Morgan fingerprint density at radius 2 is 1.75 bits per heavy atom. The molecule has 0 bridgehead atoms. The quantitative estimate of drug-likeness (QED) is 0.570. The van der Waals surface area contributed by atoms with Crippen LogP contribution >= 0.6 is 0 Å². The highest BCUT2D eigenvalue weighted by Gasteiger charge is 2.25. The summed E-state index contributed by atoms with van der Waals surface area (Å²) < 4.78 is 0. The van der Waals surface area contributed by atoms with E-state index in [0.717, 1.165) is 19.3 Å². The van der Waals surface area contributed by atoms with Gasteiger partial charge in [-0.1, -0.05) is 30.4 Å². The summed E-state index contributed by atoms with van der Waals surface area (Å²) in [6, 6.07) is 0. The molecular formula is C10H18OSi. The smallest absolute Gasteiger partial charge is 0.137 e. The van der Waals surface area contributed by atoms with Gasteiger partial charge >= 0.3 is 0 Å². The molecule has 0 aromatic carbocycles. The highest BCUT2D eigenvalue weighted by Crippen LogP contribution is 2.29. The number of allylic oxidation sites excluding steroid dienone is 2. The Kier molecular flexibility index (Phi) is 2.57. The van der Waals surface area contributed by atoms with Crippen LogP contribution in [-0.2, 0) is 4.79 Å². The van der Waals surface area contributed by atoms with Crippen LogP contribution in [0.1, 0.15) is 26.2 Å². The molecule has 0 unspecified atom stereocenters. The zero-order valence-electron chi connectivity index (χ0n) is 8.53. The van der Waals surface area contributed by atoms with E-state index in [-0.39, 0.29) is 0 Å². The Labute approximate surface area is 75.9 Å². The van der Waals surface area contributed by atoms with E-state index < -0.39 is 8.07 Å². The maximum Gasteiger partial charge on any atom is 0.137 e. The van der Waals surface area contributed by atoms with E-state index in [9.17, 15) is 4.79 Å². The molecule has 12 heavy (non-hydrogen) atoms. The van der Waals surface area contributed by atoms with Crippen molar-refractivity contribution in [3.8, 4) is 0 Å². The van der Waals surface area contributed by atoms with Gasteiger partial charge in [-0.3, -0.25) is 4.79 Å². The van der Waals surface area contributed by atoms with E-state index in [0.29, 0.717) is 5.78 Å². The predicted molar refractivity (Wildman–Crippen MR) is 54.9 cm³/mol. The van der Waals surface area contributed by atoms with Gasteiger partial charge in [-0.15, -0.1) is 0 Å². The van der Waals surface area contributed by atoms with E-state index in [1.54, 1.807) is 5.20 Å². The van der Waals surface area contributed by atoms with Crippen LogP contribution < -0.4 is 0 Å². The molecule has 2 heteroatoms. The Morgan fingerprint density at radius 3 is 2.17 bits per heavy atom. The van der Waals surface area contributed by atoms with Crippen molar-refractivity contribution in [2.45, 2.75) is 45.8 Å². The number of carbonyl (C=O) groups is 1. The number of Topliss-reactive ketones (excluding diaryl/α,β-unsaturated/α-hetero) is 1. The fraction of sp³-hybridized carbons (Fsp3) is 0.700. The van der Waals surface area contributed by atoms with E-state index in [4.69, 9.17) is 0 Å². The summed E-state index contributed by atoms with van der Waals surface area (Å²) in [6.07, 6.45) is 2.55. The molecule has 1 rings (SSSR count). The number of ketones is 1. The van der Waals surface area contributed by atoms with Crippen molar-refractivity contribution in [2.75, 3.05) is 0 Å². The molecule has 0 radical (unpaired) electrons. The maximum atomic E-state index is 11.1. The second-order valence-electron chi connectivity index (χ2n) is 4.72. The summed E-state index contributed by atoms with van der Waals surface area (Å²) in [7, 11) is -1.12. The van der Waals surface area contributed by atoms with Gasteiger partial charge in [-0.05, 0) is 13.3 Å². The van der Waals surface area contributed by atoms with Gasteiger partial charge in [-0.2, -0.15) is 0 Å². The van der Waals surface area contributed by atoms with Gasteiger partial charge in [0.05, 0.1) is 8.07 Å². The monoisotopic (exact) mass is 182 g/mol. The van der Waals surface area contributed by atoms with Gasteiger partial charge in [0.2, 0.25) is 0 Å². The molecule has 0 heterocycles. The zero-order valence-corrected chi connectivity index (χ0v) is 9.53. The van der Waals surface area contributed by atoms with Crippen LogP contribution in [0, 0.1) is 0 Å². The van der Waals surface area contributed by atoms with E-state index in [1.807, 2.05) is 0 Å². The molecule has 1 aliphatic carbocycles. The third-order valence-electron chi connectivity index (χ3n) is 2.54. The summed E-state index contributed by atoms with van der Waals surface area (Å²) in [5, 5.41) is 1.63. The van der Waals surface area contributed by atoms with E-state index >= 15 is 0 Å². The second kappa shape index (κ2) is 3.17. The highest BCUT2D eigenvalue weighted by atomic mass is 28.3. The van der Waals surface area contributed by atoms with E-state index in [1.165, 1.54) is 5.57 Å². The molecule has 0 N–H and O–H groups in total. The number of hydrogen-bond donors (Lipinski definition) is 0. The Morgan fingerprint density at radius 1 is 1.17 bits per heavy atom. The number of carbonyl (C=O) groups excluding carboxylic acids is 1. The van der Waals surface area contributed by atoms with Crippen molar-refractivity contribution in [3.63, 3.8) is 0 Å². The molecule has 0 aromatic rings. The summed E-state index contributed by atoms with van der Waals surface area (Å²) in [5.74, 6) is 0.425. The fourth-order valence-corrected chi connectivity index (χ4v) is 4.23. The van der Waals surface area contributed by atoms with Gasteiger partial charge < -0.3 is 0 Å². The molecule has 68 valence electrons. The molecule has 0 atom stereocenters. The van der Waals surface area contributed by atoms with Crippen LogP contribution in [0.4, 0.5) is 0 Å². The molecule has 0 fully saturated rings. The molecular weight excluding hydrogens is 164 g/mol. The minimum absolute atomic E-state index is 0.425. The van der Waals surface area contributed by atoms with Crippen LogP contribution in [-0.4, -0.2) is 13.9 Å². The van der Waals surface area contributed by atoms with Gasteiger partial charge in [0.15, 0.2) is 0 Å². The topological polar surface area (TPSA) is 17.1 Å². The van der Waals surface area contributed by atoms with Gasteiger partial charge in [-0.25, -0.2) is 0 Å². The Balaban J connectivity index is 2.90. The molecule has 0 aromatic heterocycles. The lowest BCUT2D eigenvalue weighted by Gasteiger charge is -2.27. The second-order valence-corrected chi connectivity index (χ2v) is 9.83. The lowest BCUT2D eigenvalue weighted by Crippen LogP contribution is -2.28. The number of hydrogen-bond acceptors (Lipinski definition) is 1. The molecule has 0 saturated carbocycles. The van der Waals surface area contributed by atoms with Crippen LogP contribution in [0.5, 0.6) is 0 Å². The van der Waals surface area contributed by atoms with Gasteiger partial charge in [0.25, 0.3) is 0 Å². The van der Waals surface area contributed by atoms with Crippen molar-refractivity contribution in [3.05, 3.63) is 10.8 Å². The van der Waals surface area contributed by atoms with Gasteiger partial charge in [0, 0.05) is 12.8 Å². The molecule has 0 saturated heterocycles. The molecule has 0 aliphatic heterocycles. The molecule has 0 amide bonds. The van der Waals surface area contributed by atoms with Crippen molar-refractivity contribution in [1.82, 2.24) is 0 Å². The number of rotatable bonds is 1. The first-order valence-corrected chi connectivity index (χ1v) is 8.12. The van der Waals surface area contributed by atoms with Crippen molar-refractivity contribution < 1.29 is 4.79 Å². The minimum Gasteiger partial charge on any atom is -0.299 e. The average Bonchev–Trinajstić information content (AvgIpc) is 1.83. The summed E-state index contributed by atoms with van der Waals surface area (Å²) in [4.78, 5) is 11.1. The average molecular weight is 182 g/mol. The SMILES string of the molecule is CC1=C([Si](C)(C)C)CCC(=O)C1. The van der Waals surface area contributed by atoms with Crippen LogP contribution in [0.25, 0.3) is 0 Å². The summed E-state index contributed by atoms with van der Waals surface area (Å²) >= 11 is 0. The highest BCUT2D eigenvalue weighted by molar-refractivity contribution is 6.83. The normalized spacial score (nSPS) is 20.2. The largest absolute Gasteiger partial charge is 0.299 e. The standard InChI is InChI=1S/C10H18OSi/c1-8-7-9(11)5-6-10(8)12(2,3)4/h5-7H2,1-4H3. The molecule has 1 aliphatic rings. The first-order chi connectivity index (χ1) is 5.41. The lowest BCUT2D eigenvalue weighted by molar-refractivity contribution is -0.118. The van der Waals surface area contributed by atoms with Crippen molar-refractivity contribution in [1.29, 1.82) is 0 Å². The summed E-state index contributed by atoms with van der Waals surface area (Å²) in [5.41, 5.74) is 1.37. The summed E-state index contributed by atoms with van der Waals surface area (Å²) in [6.45, 7) is 9.22. The van der Waals surface area contributed by atoms with Crippen LogP contribution in [0.3, 0.4) is 0 Å². The Hall–Kier alpha value is -0.373. The lowest BCUT2D eigenvalue weighted by atomic mass is 9.99. The van der Waals surface area contributed by atoms with Crippen molar-refractivity contribution >= 4 is 13.9 Å². The van der Waals surface area contributed by atoms with Crippen molar-refractivity contribution in [2.24, 2.45) is 0 Å². The third-order valence-corrected chi connectivity index (χ3v) is 5.02. The minimum atomic E-state index is -1.12. The molecule has 0 spiro atoms. The van der Waals surface area contributed by atoms with Crippen LogP contribution in [0.15, 0.2) is 10.8 Å². The zero-order chi connectivity index (χ0) is 9.35.